The van der Waals surface area contributed by atoms with Crippen molar-refractivity contribution < 1.29 is 0 Å². The monoisotopic (exact) mass is 249 g/mol. The maximum atomic E-state index is 5.95. The van der Waals surface area contributed by atoms with Gasteiger partial charge in [0, 0.05) is 23.5 Å². The molecule has 1 rings (SSSR count). The van der Waals surface area contributed by atoms with Crippen LogP contribution in [0.2, 0.25) is 0 Å². The molecule has 5 heteroatoms. The molecule has 0 aliphatic heterocycles. The molecule has 0 aliphatic carbocycles. The Kier molecular flexibility index (Phi) is 5.73. The van der Waals surface area contributed by atoms with Gasteiger partial charge in [-0.1, -0.05) is 0 Å². The van der Waals surface area contributed by atoms with Crippen molar-refractivity contribution in [1.29, 1.82) is 0 Å². The summed E-state index contributed by atoms with van der Waals surface area (Å²) in [4.78, 5) is 7.79. The summed E-state index contributed by atoms with van der Waals surface area (Å²) in [6.45, 7) is 7.97. The van der Waals surface area contributed by atoms with Crippen molar-refractivity contribution in [3.8, 4) is 0 Å². The molecule has 1 aromatic rings. The second kappa shape index (κ2) is 5.80. The molecule has 15 heavy (non-hydrogen) atoms. The molecular formula is C10H20ClN3S. The summed E-state index contributed by atoms with van der Waals surface area (Å²) in [7, 11) is 2.09. The third-order valence-electron chi connectivity index (χ3n) is 1.94. The van der Waals surface area contributed by atoms with Crippen LogP contribution >= 0.6 is 23.7 Å². The lowest BCUT2D eigenvalue weighted by Gasteiger charge is -2.26. The van der Waals surface area contributed by atoms with Crippen molar-refractivity contribution in [3.63, 3.8) is 0 Å². The zero-order valence-corrected chi connectivity index (χ0v) is 11.4. The van der Waals surface area contributed by atoms with Gasteiger partial charge in [0.05, 0.1) is 11.2 Å². The van der Waals surface area contributed by atoms with Crippen LogP contribution < -0.4 is 5.73 Å². The van der Waals surface area contributed by atoms with Gasteiger partial charge in [0.25, 0.3) is 0 Å². The van der Waals surface area contributed by atoms with Crippen LogP contribution in [-0.2, 0) is 6.54 Å². The van der Waals surface area contributed by atoms with Gasteiger partial charge in [0.2, 0.25) is 0 Å². The lowest BCUT2D eigenvalue weighted by Crippen LogP contribution is -2.43. The Morgan fingerprint density at radius 2 is 2.13 bits per heavy atom. The van der Waals surface area contributed by atoms with E-state index in [2.05, 4.69) is 16.9 Å². The maximum absolute atomic E-state index is 5.95. The lowest BCUT2D eigenvalue weighted by atomic mass is 10.1. The number of thiazole rings is 1. The minimum atomic E-state index is -0.132. The first-order valence-corrected chi connectivity index (χ1v) is 5.63. The second-order valence-corrected chi connectivity index (χ2v) is 5.46. The molecule has 0 fully saturated rings. The zero-order valence-electron chi connectivity index (χ0n) is 9.78. The average Bonchev–Trinajstić information content (AvgIpc) is 2.32. The van der Waals surface area contributed by atoms with Crippen LogP contribution in [0.15, 0.2) is 5.51 Å². The van der Waals surface area contributed by atoms with Crippen LogP contribution in [0.4, 0.5) is 0 Å². The topological polar surface area (TPSA) is 42.2 Å². The number of halogens is 1. The van der Waals surface area contributed by atoms with Crippen molar-refractivity contribution in [2.24, 2.45) is 5.73 Å². The molecule has 0 bridgehead atoms. The molecular weight excluding hydrogens is 230 g/mol. The molecule has 0 unspecified atom stereocenters. The molecule has 0 aliphatic rings. The van der Waals surface area contributed by atoms with Gasteiger partial charge < -0.3 is 5.73 Å². The molecule has 0 aromatic carbocycles. The standard InChI is InChI=1S/C10H19N3S.ClH/c1-8-9(14-7-12-8)5-13(4)6-10(2,3)11;/h7H,5-6,11H2,1-4H3;1H. The number of rotatable bonds is 4. The maximum Gasteiger partial charge on any atom is 0.0798 e. The van der Waals surface area contributed by atoms with Gasteiger partial charge in [-0.15, -0.1) is 23.7 Å². The van der Waals surface area contributed by atoms with E-state index >= 15 is 0 Å². The molecule has 2 N–H and O–H groups in total. The van der Waals surface area contributed by atoms with Crippen molar-refractivity contribution >= 4 is 23.7 Å². The fourth-order valence-corrected chi connectivity index (χ4v) is 2.33. The molecule has 3 nitrogen and oxygen atoms in total. The van der Waals surface area contributed by atoms with Crippen molar-refractivity contribution in [2.45, 2.75) is 32.9 Å². The largest absolute Gasteiger partial charge is 0.324 e. The number of hydrogen-bond donors (Lipinski definition) is 1. The Bertz CT molecular complexity index is 293. The highest BCUT2D eigenvalue weighted by atomic mass is 35.5. The van der Waals surface area contributed by atoms with E-state index in [4.69, 9.17) is 5.73 Å². The first kappa shape index (κ1) is 14.8. The van der Waals surface area contributed by atoms with E-state index in [0.29, 0.717) is 0 Å². The van der Waals surface area contributed by atoms with E-state index in [1.165, 1.54) is 4.88 Å². The number of aryl methyl sites for hydroxylation is 1. The normalized spacial score (nSPS) is 11.6. The summed E-state index contributed by atoms with van der Waals surface area (Å²) >= 11 is 1.71. The molecule has 0 atom stereocenters. The highest BCUT2D eigenvalue weighted by Crippen LogP contribution is 2.14. The van der Waals surface area contributed by atoms with Gasteiger partial charge in [-0.2, -0.15) is 0 Å². The predicted octanol–water partition coefficient (Wildman–Crippen LogP) is 2.04. The molecule has 0 radical (unpaired) electrons. The van der Waals surface area contributed by atoms with Gasteiger partial charge in [-0.25, -0.2) is 4.98 Å². The van der Waals surface area contributed by atoms with E-state index in [-0.39, 0.29) is 17.9 Å². The summed E-state index contributed by atoms with van der Waals surface area (Å²) in [6.07, 6.45) is 0. The lowest BCUT2D eigenvalue weighted by molar-refractivity contribution is 0.264. The van der Waals surface area contributed by atoms with E-state index < -0.39 is 0 Å². The molecule has 0 spiro atoms. The van der Waals surface area contributed by atoms with Crippen LogP contribution in [0.5, 0.6) is 0 Å². The van der Waals surface area contributed by atoms with Crippen LogP contribution in [0.1, 0.15) is 24.4 Å². The summed E-state index contributed by atoms with van der Waals surface area (Å²) < 4.78 is 0. The Balaban J connectivity index is 0.00000196. The summed E-state index contributed by atoms with van der Waals surface area (Å²) in [5.41, 5.74) is 8.85. The van der Waals surface area contributed by atoms with Crippen LogP contribution in [-0.4, -0.2) is 29.0 Å². The second-order valence-electron chi connectivity index (χ2n) is 4.52. The highest BCUT2D eigenvalue weighted by Gasteiger charge is 2.14. The van der Waals surface area contributed by atoms with Gasteiger partial charge in [-0.3, -0.25) is 4.90 Å². The van der Waals surface area contributed by atoms with Gasteiger partial charge in [-0.05, 0) is 27.8 Å². The molecule has 0 amide bonds. The van der Waals surface area contributed by atoms with Crippen molar-refractivity contribution in [3.05, 3.63) is 16.1 Å². The number of nitrogens with two attached hydrogens (primary N) is 1. The molecule has 88 valence electrons. The number of likely N-dealkylation sites (N-methyl/N-ethyl adjacent to an activating group) is 1. The molecule has 0 saturated heterocycles. The Morgan fingerprint density at radius 3 is 2.53 bits per heavy atom. The Morgan fingerprint density at radius 1 is 1.53 bits per heavy atom. The molecule has 1 aromatic heterocycles. The quantitative estimate of drug-likeness (QED) is 0.888. The third kappa shape index (κ3) is 5.47. The molecule has 0 saturated carbocycles. The predicted molar refractivity (Wildman–Crippen MR) is 68.7 cm³/mol. The number of nitrogens with zero attached hydrogens (tertiary/aromatic N) is 2. The van der Waals surface area contributed by atoms with Gasteiger partial charge in [0.1, 0.15) is 0 Å². The van der Waals surface area contributed by atoms with E-state index in [1.54, 1.807) is 11.3 Å². The zero-order chi connectivity index (χ0) is 10.8. The van der Waals surface area contributed by atoms with Gasteiger partial charge >= 0.3 is 0 Å². The molecule has 1 heterocycles. The van der Waals surface area contributed by atoms with Crippen LogP contribution in [0, 0.1) is 6.92 Å². The SMILES string of the molecule is Cc1ncsc1CN(C)CC(C)(C)N.Cl. The number of hydrogen-bond acceptors (Lipinski definition) is 4. The first-order valence-electron chi connectivity index (χ1n) is 4.75. The third-order valence-corrected chi connectivity index (χ3v) is 2.86. The van der Waals surface area contributed by atoms with E-state index in [1.807, 2.05) is 26.3 Å². The van der Waals surface area contributed by atoms with Crippen molar-refractivity contribution in [2.75, 3.05) is 13.6 Å². The minimum absolute atomic E-state index is 0. The fourth-order valence-electron chi connectivity index (χ4n) is 1.47. The van der Waals surface area contributed by atoms with Crippen molar-refractivity contribution in [1.82, 2.24) is 9.88 Å². The van der Waals surface area contributed by atoms with Crippen LogP contribution in [0.25, 0.3) is 0 Å². The van der Waals surface area contributed by atoms with Gasteiger partial charge in [0.15, 0.2) is 0 Å². The number of aromatic nitrogens is 1. The first-order chi connectivity index (χ1) is 6.38. The van der Waals surface area contributed by atoms with E-state index in [9.17, 15) is 0 Å². The Labute approximate surface area is 102 Å². The fraction of sp³-hybridized carbons (Fsp3) is 0.700. The van der Waals surface area contributed by atoms with E-state index in [0.717, 1.165) is 18.8 Å². The summed E-state index contributed by atoms with van der Waals surface area (Å²) in [5, 5.41) is 0. The summed E-state index contributed by atoms with van der Waals surface area (Å²) in [5.74, 6) is 0. The smallest absolute Gasteiger partial charge is 0.0798 e. The minimum Gasteiger partial charge on any atom is -0.324 e. The average molecular weight is 250 g/mol. The Hall–Kier alpha value is -0.160. The highest BCUT2D eigenvalue weighted by molar-refractivity contribution is 7.09. The van der Waals surface area contributed by atoms with Crippen LogP contribution in [0.3, 0.4) is 0 Å². The summed E-state index contributed by atoms with van der Waals surface area (Å²) in [6, 6.07) is 0.